The molecule has 0 bridgehead atoms. The normalized spacial score (nSPS) is 10.7. The Morgan fingerprint density at radius 2 is 1.47 bits per heavy atom. The minimum atomic E-state index is -0.544. The van der Waals surface area contributed by atoms with E-state index in [-0.39, 0.29) is 27.9 Å². The monoisotopic (exact) mass is 503 g/mol. The summed E-state index contributed by atoms with van der Waals surface area (Å²) in [7, 11) is 0. The predicted octanol–water partition coefficient (Wildman–Crippen LogP) is 4.36. The zero-order valence-electron chi connectivity index (χ0n) is 20.4. The molecular formula is C29H21N5O4. The van der Waals surface area contributed by atoms with Gasteiger partial charge < -0.3 is 10.1 Å². The number of H-pyrrole nitrogens is 2. The van der Waals surface area contributed by atoms with Gasteiger partial charge in [0, 0.05) is 5.56 Å². The van der Waals surface area contributed by atoms with E-state index in [9.17, 15) is 19.5 Å². The predicted molar refractivity (Wildman–Crippen MR) is 146 cm³/mol. The number of pyridine rings is 2. The molecule has 2 aromatic carbocycles. The van der Waals surface area contributed by atoms with E-state index in [1.54, 1.807) is 68.4 Å². The van der Waals surface area contributed by atoms with E-state index in [2.05, 4.69) is 20.7 Å². The van der Waals surface area contributed by atoms with Gasteiger partial charge in [0.05, 0.1) is 28.9 Å². The van der Waals surface area contributed by atoms with E-state index in [0.717, 1.165) is 4.57 Å². The highest BCUT2D eigenvalue weighted by atomic mass is 16.3. The van der Waals surface area contributed by atoms with E-state index in [4.69, 9.17) is 6.57 Å². The topological polar surface area (TPSA) is 117 Å². The molecule has 0 aliphatic rings. The van der Waals surface area contributed by atoms with Gasteiger partial charge in [-0.1, -0.05) is 36.4 Å². The van der Waals surface area contributed by atoms with Gasteiger partial charge >= 0.3 is 0 Å². The first kappa shape index (κ1) is 24.1. The summed E-state index contributed by atoms with van der Waals surface area (Å²) in [6, 6.07) is 17.5. The first-order valence-corrected chi connectivity index (χ1v) is 11.6. The van der Waals surface area contributed by atoms with Crippen LogP contribution in [0.3, 0.4) is 0 Å². The third-order valence-corrected chi connectivity index (χ3v) is 6.36. The second-order valence-corrected chi connectivity index (χ2v) is 8.58. The van der Waals surface area contributed by atoms with Gasteiger partial charge in [0.2, 0.25) is 11.6 Å². The number of nitrogens with one attached hydrogen (secondary N) is 2. The zero-order valence-corrected chi connectivity index (χ0v) is 20.4. The van der Waals surface area contributed by atoms with Crippen molar-refractivity contribution in [2.75, 3.05) is 0 Å². The average Bonchev–Trinajstić information content (AvgIpc) is 3.25. The third-order valence-electron chi connectivity index (χ3n) is 6.36. The van der Waals surface area contributed by atoms with E-state index in [1.807, 2.05) is 6.07 Å². The van der Waals surface area contributed by atoms with Crippen molar-refractivity contribution in [3.05, 3.63) is 131 Å². The number of aromatic amines is 2. The van der Waals surface area contributed by atoms with Crippen LogP contribution in [0.2, 0.25) is 0 Å². The summed E-state index contributed by atoms with van der Waals surface area (Å²) in [6.45, 7) is 10.7. The van der Waals surface area contributed by atoms with Crippen molar-refractivity contribution in [2.45, 2.75) is 13.8 Å². The van der Waals surface area contributed by atoms with Crippen LogP contribution in [0.1, 0.15) is 22.3 Å². The lowest BCUT2D eigenvalue weighted by atomic mass is 10.1. The molecule has 0 amide bonds. The highest BCUT2D eigenvalue weighted by Gasteiger charge is 2.19. The Morgan fingerprint density at radius 3 is 2.11 bits per heavy atom. The molecule has 0 radical (unpaired) electrons. The lowest BCUT2D eigenvalue weighted by Crippen LogP contribution is -2.21. The number of aryl methyl sites for hydroxylation is 1. The van der Waals surface area contributed by atoms with Crippen molar-refractivity contribution < 1.29 is 5.11 Å². The molecule has 9 nitrogen and oxygen atoms in total. The first-order chi connectivity index (χ1) is 18.3. The second-order valence-electron chi connectivity index (χ2n) is 8.58. The summed E-state index contributed by atoms with van der Waals surface area (Å²) in [5.41, 5.74) is 3.89. The van der Waals surface area contributed by atoms with Crippen LogP contribution < -0.4 is 16.7 Å². The average molecular weight is 504 g/mol. The van der Waals surface area contributed by atoms with Gasteiger partial charge in [0.15, 0.2) is 0 Å². The van der Waals surface area contributed by atoms with Crippen molar-refractivity contribution >= 4 is 28.9 Å². The maximum absolute atomic E-state index is 13.3. The minimum Gasteiger partial charge on any atom is -0.502 e. The smallest absolute Gasteiger partial charge is 0.281 e. The van der Waals surface area contributed by atoms with Gasteiger partial charge in [-0.2, -0.15) is 0 Å². The Hall–Kier alpha value is -5.58. The van der Waals surface area contributed by atoms with Crippen LogP contribution in [0.25, 0.3) is 39.4 Å². The van der Waals surface area contributed by atoms with Crippen LogP contribution in [0.15, 0.2) is 80.8 Å². The van der Waals surface area contributed by atoms with Crippen molar-refractivity contribution in [1.29, 1.82) is 0 Å². The Labute approximate surface area is 215 Å². The van der Waals surface area contributed by atoms with Gasteiger partial charge in [-0.15, -0.1) is 5.73 Å². The van der Waals surface area contributed by atoms with Crippen LogP contribution >= 0.6 is 0 Å². The molecule has 0 aliphatic heterocycles. The van der Waals surface area contributed by atoms with E-state index >= 15 is 0 Å². The lowest BCUT2D eigenvalue weighted by Gasteiger charge is -2.13. The molecule has 0 fully saturated rings. The molecular weight excluding hydrogens is 482 g/mol. The lowest BCUT2D eigenvalue weighted by molar-refractivity contribution is 0.438. The third kappa shape index (κ3) is 3.88. The molecule has 0 aliphatic carbocycles. The fraction of sp³-hybridized carbons (Fsp3) is 0.0690. The van der Waals surface area contributed by atoms with Crippen LogP contribution in [-0.2, 0) is 0 Å². The van der Waals surface area contributed by atoms with E-state index in [0.29, 0.717) is 28.0 Å². The standard InChI is InChI=1S/C29H21N5O4/c1-17-21(26(35)31-25-23(17)28(37)34(32-25)20-13-8-5-9-14-20)15-10-16-22-18(2)24(30-3)29(38)33(27(22)36)19-11-6-4-7-12-19/h4-9,11-16,38H,1-2H3,(H2,31,32,35). The van der Waals surface area contributed by atoms with E-state index < -0.39 is 17.0 Å². The van der Waals surface area contributed by atoms with Crippen molar-refractivity contribution in [3.8, 4) is 17.3 Å². The van der Waals surface area contributed by atoms with Crippen LogP contribution in [0, 0.1) is 20.4 Å². The van der Waals surface area contributed by atoms with Gasteiger partial charge in [-0.3, -0.25) is 24.0 Å². The van der Waals surface area contributed by atoms with Gasteiger partial charge in [0.1, 0.15) is 5.65 Å². The summed E-state index contributed by atoms with van der Waals surface area (Å²) in [5.74, 6) is -0.449. The largest absolute Gasteiger partial charge is 0.502 e. The second kappa shape index (κ2) is 9.47. The van der Waals surface area contributed by atoms with E-state index in [1.165, 1.54) is 16.8 Å². The number of para-hydroxylation sites is 2. The number of fused-ring (bicyclic) bond motifs is 1. The molecule has 0 atom stereocenters. The maximum atomic E-state index is 13.3. The molecule has 186 valence electrons. The Balaban J connectivity index is 1.67. The molecule has 3 heterocycles. The quantitative estimate of drug-likeness (QED) is 0.250. The molecule has 5 aromatic rings. The molecule has 0 saturated carbocycles. The molecule has 3 aromatic heterocycles. The first-order valence-electron chi connectivity index (χ1n) is 11.6. The summed E-state index contributed by atoms with van der Waals surface area (Å²) >= 11 is 0. The van der Waals surface area contributed by atoms with Crippen LogP contribution in [0.4, 0.5) is 5.69 Å². The van der Waals surface area contributed by atoms with Crippen LogP contribution in [0.5, 0.6) is 5.88 Å². The minimum absolute atomic E-state index is 0.0641. The molecule has 38 heavy (non-hydrogen) atoms. The number of benzene rings is 2. The summed E-state index contributed by atoms with van der Waals surface area (Å²) in [4.78, 5) is 45.4. The van der Waals surface area contributed by atoms with Crippen molar-refractivity contribution in [3.63, 3.8) is 0 Å². The highest BCUT2D eigenvalue weighted by molar-refractivity contribution is 5.82. The number of aromatic nitrogens is 4. The van der Waals surface area contributed by atoms with Crippen molar-refractivity contribution in [1.82, 2.24) is 19.3 Å². The number of hydrogen-bond acceptors (Lipinski definition) is 4. The van der Waals surface area contributed by atoms with Gasteiger partial charge in [0.25, 0.3) is 16.7 Å². The van der Waals surface area contributed by atoms with Crippen LogP contribution in [-0.4, -0.2) is 24.4 Å². The molecule has 9 heteroatoms. The fourth-order valence-electron chi connectivity index (χ4n) is 4.40. The van der Waals surface area contributed by atoms with Gasteiger partial charge in [-0.05, 0) is 61.4 Å². The Kier molecular flexibility index (Phi) is 6.01. The Morgan fingerprint density at radius 1 is 0.868 bits per heavy atom. The van der Waals surface area contributed by atoms with Gasteiger partial charge in [-0.25, -0.2) is 9.53 Å². The highest BCUT2D eigenvalue weighted by Crippen LogP contribution is 2.32. The number of aromatic hydroxyl groups is 1. The molecule has 0 unspecified atom stereocenters. The molecule has 5 rings (SSSR count). The molecule has 0 saturated heterocycles. The van der Waals surface area contributed by atoms with Crippen molar-refractivity contribution in [2.24, 2.45) is 0 Å². The zero-order chi connectivity index (χ0) is 27.0. The SMILES string of the molecule is [C-]#[N+]c1c(C)c(C=C=Cc2c(C)c3c(=O)n(-c4ccccc4)[nH]c3[nH]c2=O)c(=O)n(-c2ccccc2)c1O. The Bertz CT molecular complexity index is 2000. The number of rotatable bonds is 4. The summed E-state index contributed by atoms with van der Waals surface area (Å²) in [6.07, 6.45) is 2.76. The number of hydrogen-bond donors (Lipinski definition) is 3. The summed E-state index contributed by atoms with van der Waals surface area (Å²) < 4.78 is 2.42. The summed E-state index contributed by atoms with van der Waals surface area (Å²) in [5, 5.41) is 13.9. The molecule has 3 N–H and O–H groups in total. The maximum Gasteiger partial charge on any atom is 0.281 e. The fourth-order valence-corrected chi connectivity index (χ4v) is 4.40. The molecule has 0 spiro atoms. The number of nitrogens with zero attached hydrogens (tertiary/aromatic N) is 3.